The highest BCUT2D eigenvalue weighted by atomic mass is 32.1. The van der Waals surface area contributed by atoms with Crippen LogP contribution in [0.15, 0.2) is 36.5 Å². The molecule has 0 amide bonds. The summed E-state index contributed by atoms with van der Waals surface area (Å²) >= 11 is 1.52. The number of benzene rings is 1. The summed E-state index contributed by atoms with van der Waals surface area (Å²) in [6.07, 6.45) is 1.78. The van der Waals surface area contributed by atoms with Gasteiger partial charge in [-0.05, 0) is 44.2 Å². The zero-order valence-electron chi connectivity index (χ0n) is 11.4. The van der Waals surface area contributed by atoms with Crippen LogP contribution in [0.3, 0.4) is 0 Å². The van der Waals surface area contributed by atoms with Crippen molar-refractivity contribution in [2.24, 2.45) is 0 Å². The standard InChI is InChI=1S/C16H15NO2S/c1-3-19-11-5-6-14-12(8-11)13(9-17-14)16(18)15-7-4-10(2)20-15/h4-9,17H,3H2,1-2H3. The van der Waals surface area contributed by atoms with E-state index < -0.39 is 0 Å². The minimum atomic E-state index is 0.0583. The van der Waals surface area contributed by atoms with Crippen LogP contribution in [-0.4, -0.2) is 17.4 Å². The fourth-order valence-electron chi connectivity index (χ4n) is 2.23. The Morgan fingerprint density at radius 1 is 1.30 bits per heavy atom. The van der Waals surface area contributed by atoms with Crippen molar-refractivity contribution in [3.63, 3.8) is 0 Å². The number of fused-ring (bicyclic) bond motifs is 1. The normalized spacial score (nSPS) is 10.9. The van der Waals surface area contributed by atoms with Gasteiger partial charge in [0.05, 0.1) is 11.5 Å². The molecule has 0 radical (unpaired) electrons. The highest BCUT2D eigenvalue weighted by molar-refractivity contribution is 7.14. The van der Waals surface area contributed by atoms with Crippen molar-refractivity contribution in [2.45, 2.75) is 13.8 Å². The lowest BCUT2D eigenvalue weighted by molar-refractivity contribution is 0.104. The molecule has 0 aliphatic heterocycles. The smallest absolute Gasteiger partial charge is 0.205 e. The maximum absolute atomic E-state index is 12.6. The van der Waals surface area contributed by atoms with Gasteiger partial charge in [0, 0.05) is 27.5 Å². The Hall–Kier alpha value is -2.07. The van der Waals surface area contributed by atoms with E-state index in [1.54, 1.807) is 6.20 Å². The lowest BCUT2D eigenvalue weighted by Crippen LogP contribution is -1.97. The molecular formula is C16H15NO2S. The van der Waals surface area contributed by atoms with Crippen LogP contribution in [0.1, 0.15) is 27.0 Å². The molecule has 0 aliphatic carbocycles. The Kier molecular flexibility index (Phi) is 3.32. The third kappa shape index (κ3) is 2.23. The molecule has 3 aromatic rings. The Morgan fingerprint density at radius 3 is 2.85 bits per heavy atom. The molecule has 3 nitrogen and oxygen atoms in total. The van der Waals surface area contributed by atoms with Crippen LogP contribution in [0, 0.1) is 6.92 Å². The van der Waals surface area contributed by atoms with Gasteiger partial charge in [0.2, 0.25) is 5.78 Å². The molecule has 20 heavy (non-hydrogen) atoms. The third-order valence-electron chi connectivity index (χ3n) is 3.17. The van der Waals surface area contributed by atoms with E-state index in [9.17, 15) is 4.79 Å². The maximum atomic E-state index is 12.6. The van der Waals surface area contributed by atoms with Gasteiger partial charge in [-0.15, -0.1) is 11.3 Å². The summed E-state index contributed by atoms with van der Waals surface area (Å²) in [5, 5.41) is 0.909. The molecule has 0 unspecified atom stereocenters. The second-order valence-corrected chi connectivity index (χ2v) is 5.87. The molecule has 2 aromatic heterocycles. The van der Waals surface area contributed by atoms with Crippen molar-refractivity contribution in [1.29, 1.82) is 0 Å². The van der Waals surface area contributed by atoms with Crippen LogP contribution in [-0.2, 0) is 0 Å². The van der Waals surface area contributed by atoms with Crippen LogP contribution in [0.2, 0.25) is 0 Å². The summed E-state index contributed by atoms with van der Waals surface area (Å²) in [7, 11) is 0. The molecule has 1 N–H and O–H groups in total. The van der Waals surface area contributed by atoms with Crippen LogP contribution in [0.5, 0.6) is 5.75 Å². The van der Waals surface area contributed by atoms with Gasteiger partial charge in [-0.25, -0.2) is 0 Å². The average molecular weight is 285 g/mol. The van der Waals surface area contributed by atoms with Gasteiger partial charge in [0.15, 0.2) is 0 Å². The summed E-state index contributed by atoms with van der Waals surface area (Å²) in [6.45, 7) is 4.56. The maximum Gasteiger partial charge on any atom is 0.205 e. The monoisotopic (exact) mass is 285 g/mol. The minimum absolute atomic E-state index is 0.0583. The van der Waals surface area contributed by atoms with E-state index in [4.69, 9.17) is 4.74 Å². The molecular weight excluding hydrogens is 270 g/mol. The minimum Gasteiger partial charge on any atom is -0.494 e. The van der Waals surface area contributed by atoms with E-state index >= 15 is 0 Å². The summed E-state index contributed by atoms with van der Waals surface area (Å²) in [4.78, 5) is 17.6. The first-order valence-electron chi connectivity index (χ1n) is 6.54. The number of hydrogen-bond donors (Lipinski definition) is 1. The van der Waals surface area contributed by atoms with Gasteiger partial charge in [0.1, 0.15) is 5.75 Å². The second kappa shape index (κ2) is 5.13. The SMILES string of the molecule is CCOc1ccc2[nH]cc(C(=O)c3ccc(C)s3)c2c1. The van der Waals surface area contributed by atoms with Gasteiger partial charge in [-0.2, -0.15) is 0 Å². The fourth-order valence-corrected chi connectivity index (χ4v) is 3.06. The van der Waals surface area contributed by atoms with Crippen molar-refractivity contribution in [2.75, 3.05) is 6.61 Å². The van der Waals surface area contributed by atoms with E-state index in [0.717, 1.165) is 26.4 Å². The third-order valence-corrected chi connectivity index (χ3v) is 4.17. The number of ether oxygens (including phenoxy) is 1. The first-order chi connectivity index (χ1) is 9.69. The lowest BCUT2D eigenvalue weighted by atomic mass is 10.1. The molecule has 1 aromatic carbocycles. The summed E-state index contributed by atoms with van der Waals surface area (Å²) in [5.41, 5.74) is 1.65. The predicted octanol–water partition coefficient (Wildman–Crippen LogP) is 4.17. The van der Waals surface area contributed by atoms with Crippen molar-refractivity contribution in [3.8, 4) is 5.75 Å². The number of hydrogen-bond acceptors (Lipinski definition) is 3. The summed E-state index contributed by atoms with van der Waals surface area (Å²) < 4.78 is 5.51. The molecule has 0 spiro atoms. The molecule has 0 atom stereocenters. The molecule has 3 rings (SSSR count). The van der Waals surface area contributed by atoms with Crippen molar-refractivity contribution >= 4 is 28.0 Å². The van der Waals surface area contributed by atoms with Crippen LogP contribution < -0.4 is 4.74 Å². The molecule has 2 heterocycles. The predicted molar refractivity (Wildman–Crippen MR) is 82.0 cm³/mol. The fraction of sp³-hybridized carbons (Fsp3) is 0.188. The van der Waals surface area contributed by atoms with E-state index in [0.29, 0.717) is 12.2 Å². The Balaban J connectivity index is 2.06. The number of nitrogens with one attached hydrogen (secondary N) is 1. The van der Waals surface area contributed by atoms with Gasteiger partial charge >= 0.3 is 0 Å². The molecule has 4 heteroatoms. The van der Waals surface area contributed by atoms with Gasteiger partial charge in [0.25, 0.3) is 0 Å². The Morgan fingerprint density at radius 2 is 2.15 bits per heavy atom. The number of ketones is 1. The van der Waals surface area contributed by atoms with Crippen LogP contribution in [0.4, 0.5) is 0 Å². The van der Waals surface area contributed by atoms with Gasteiger partial charge in [-0.3, -0.25) is 4.79 Å². The molecule has 102 valence electrons. The zero-order valence-corrected chi connectivity index (χ0v) is 12.2. The summed E-state index contributed by atoms with van der Waals surface area (Å²) in [5.74, 6) is 0.846. The van der Waals surface area contributed by atoms with E-state index in [-0.39, 0.29) is 5.78 Å². The van der Waals surface area contributed by atoms with E-state index in [2.05, 4.69) is 4.98 Å². The molecule has 0 bridgehead atoms. The van der Waals surface area contributed by atoms with E-state index in [1.807, 2.05) is 44.2 Å². The van der Waals surface area contributed by atoms with Gasteiger partial charge < -0.3 is 9.72 Å². The molecule has 0 saturated carbocycles. The van der Waals surface area contributed by atoms with Gasteiger partial charge in [-0.1, -0.05) is 0 Å². The van der Waals surface area contributed by atoms with Crippen LogP contribution >= 0.6 is 11.3 Å². The van der Waals surface area contributed by atoms with Crippen LogP contribution in [0.25, 0.3) is 10.9 Å². The molecule has 0 aliphatic rings. The Labute approximate surface area is 121 Å². The number of rotatable bonds is 4. The highest BCUT2D eigenvalue weighted by Crippen LogP contribution is 2.27. The second-order valence-electron chi connectivity index (χ2n) is 4.58. The molecule has 0 fully saturated rings. The molecule has 0 saturated heterocycles. The number of H-pyrrole nitrogens is 1. The first kappa shape index (κ1) is 12.9. The van der Waals surface area contributed by atoms with Crippen molar-refractivity contribution in [3.05, 3.63) is 51.8 Å². The topological polar surface area (TPSA) is 42.1 Å². The number of aromatic nitrogens is 1. The van der Waals surface area contributed by atoms with Crippen molar-refractivity contribution in [1.82, 2.24) is 4.98 Å². The number of thiophene rings is 1. The summed E-state index contributed by atoms with van der Waals surface area (Å²) in [6, 6.07) is 9.62. The quantitative estimate of drug-likeness (QED) is 0.731. The Bertz CT molecular complexity index is 770. The first-order valence-corrected chi connectivity index (χ1v) is 7.35. The number of aromatic amines is 1. The zero-order chi connectivity index (χ0) is 14.1. The number of carbonyl (C=O) groups excluding carboxylic acids is 1. The number of aryl methyl sites for hydroxylation is 1. The largest absolute Gasteiger partial charge is 0.494 e. The number of carbonyl (C=O) groups is 1. The average Bonchev–Trinajstić information content (AvgIpc) is 3.04. The van der Waals surface area contributed by atoms with E-state index in [1.165, 1.54) is 11.3 Å². The van der Waals surface area contributed by atoms with Crippen molar-refractivity contribution < 1.29 is 9.53 Å². The lowest BCUT2D eigenvalue weighted by Gasteiger charge is -2.03. The highest BCUT2D eigenvalue weighted by Gasteiger charge is 2.16.